The second kappa shape index (κ2) is 10.6. The fourth-order valence-corrected chi connectivity index (χ4v) is 3.89. The maximum Gasteiger partial charge on any atom is 0.400 e. The molecule has 0 spiro atoms. The molecule has 0 unspecified atom stereocenters. The van der Waals surface area contributed by atoms with E-state index in [4.69, 9.17) is 18.4 Å². The number of hydrogen-bond acceptors (Lipinski definition) is 9. The van der Waals surface area contributed by atoms with Crippen molar-refractivity contribution in [2.75, 3.05) is 13.9 Å². The van der Waals surface area contributed by atoms with Gasteiger partial charge in [-0.25, -0.2) is 4.18 Å². The van der Waals surface area contributed by atoms with Crippen LogP contribution in [0.1, 0.15) is 38.8 Å². The molecule has 1 heterocycles. The molecule has 0 aliphatic heterocycles. The Morgan fingerprint density at radius 2 is 1.56 bits per heavy atom. The summed E-state index contributed by atoms with van der Waals surface area (Å²) in [6.45, 7) is 6.59. The zero-order valence-electron chi connectivity index (χ0n) is 20.5. The SMILES string of the molecule is COc1c(O)cc2oc3cc(OCOS(=O)(=O)O)c(CC=C(C)C)c(O)c3c(=O)c2c1CC=C(C)C. The normalized spacial score (nSPS) is 11.5. The number of fused-ring (bicyclic) bond motifs is 2. The van der Waals surface area contributed by atoms with Gasteiger partial charge >= 0.3 is 10.4 Å². The molecule has 0 amide bonds. The number of aromatic hydroxyl groups is 2. The number of methoxy groups -OCH3 is 1. The lowest BCUT2D eigenvalue weighted by molar-refractivity contribution is 0.111. The monoisotopic (exact) mass is 520 g/mol. The van der Waals surface area contributed by atoms with Crippen LogP contribution >= 0.6 is 0 Å². The van der Waals surface area contributed by atoms with Gasteiger partial charge in [0.25, 0.3) is 0 Å². The maximum atomic E-state index is 13.7. The number of phenolic OH excluding ortho intramolecular Hbond substituents is 2. The summed E-state index contributed by atoms with van der Waals surface area (Å²) in [5, 5.41) is 21.7. The van der Waals surface area contributed by atoms with Gasteiger partial charge in [-0.3, -0.25) is 9.35 Å². The van der Waals surface area contributed by atoms with E-state index in [1.54, 1.807) is 6.08 Å². The van der Waals surface area contributed by atoms with Crippen molar-refractivity contribution < 1.29 is 41.3 Å². The van der Waals surface area contributed by atoms with Crippen molar-refractivity contribution in [3.63, 3.8) is 0 Å². The van der Waals surface area contributed by atoms with Crippen molar-refractivity contribution in [2.45, 2.75) is 40.5 Å². The summed E-state index contributed by atoms with van der Waals surface area (Å²) in [5.41, 5.74) is 1.94. The van der Waals surface area contributed by atoms with Crippen LogP contribution in [-0.2, 0) is 27.4 Å². The quantitative estimate of drug-likeness (QED) is 0.159. The van der Waals surface area contributed by atoms with Gasteiger partial charge in [-0.05, 0) is 40.5 Å². The van der Waals surface area contributed by atoms with Crippen LogP contribution in [-0.4, -0.2) is 37.1 Å². The highest BCUT2D eigenvalue weighted by Crippen LogP contribution is 2.41. The second-order valence-corrected chi connectivity index (χ2v) is 9.66. The lowest BCUT2D eigenvalue weighted by Gasteiger charge is -2.16. The molecule has 0 radical (unpaired) electrons. The average Bonchev–Trinajstić information content (AvgIpc) is 2.75. The number of rotatable bonds is 9. The maximum absolute atomic E-state index is 13.7. The molecule has 0 atom stereocenters. The fourth-order valence-electron chi connectivity index (χ4n) is 3.72. The van der Waals surface area contributed by atoms with Gasteiger partial charge in [0, 0.05) is 23.3 Å². The molecule has 11 heteroatoms. The van der Waals surface area contributed by atoms with Gasteiger partial charge < -0.3 is 24.1 Å². The summed E-state index contributed by atoms with van der Waals surface area (Å²) in [7, 11) is -3.39. The van der Waals surface area contributed by atoms with Crippen molar-refractivity contribution in [1.82, 2.24) is 0 Å². The molecule has 1 aromatic heterocycles. The van der Waals surface area contributed by atoms with Gasteiger partial charge in [-0.1, -0.05) is 23.3 Å². The molecule has 194 valence electrons. The molecule has 3 rings (SSSR count). The first-order chi connectivity index (χ1) is 16.8. The molecule has 0 bridgehead atoms. The first-order valence-corrected chi connectivity index (χ1v) is 12.3. The van der Waals surface area contributed by atoms with Crippen molar-refractivity contribution >= 4 is 32.3 Å². The molecular formula is C25H28O10S. The molecule has 3 aromatic rings. The van der Waals surface area contributed by atoms with E-state index >= 15 is 0 Å². The highest BCUT2D eigenvalue weighted by Gasteiger charge is 2.24. The third-order valence-corrected chi connectivity index (χ3v) is 5.76. The summed E-state index contributed by atoms with van der Waals surface area (Å²) in [6.07, 6.45) is 4.06. The Balaban J connectivity index is 2.36. The average molecular weight is 521 g/mol. The second-order valence-electron chi connectivity index (χ2n) is 8.57. The number of phenols is 2. The molecule has 0 fully saturated rings. The minimum atomic E-state index is -4.77. The molecule has 0 aliphatic rings. The van der Waals surface area contributed by atoms with E-state index in [0.717, 1.165) is 11.1 Å². The number of allylic oxidation sites excluding steroid dienone is 4. The summed E-state index contributed by atoms with van der Waals surface area (Å²) >= 11 is 0. The Morgan fingerprint density at radius 1 is 0.972 bits per heavy atom. The van der Waals surface area contributed by atoms with Gasteiger partial charge in [0.15, 0.2) is 11.5 Å². The Bertz CT molecular complexity index is 1540. The molecular weight excluding hydrogens is 492 g/mol. The van der Waals surface area contributed by atoms with Crippen LogP contribution in [0, 0.1) is 0 Å². The Kier molecular flexibility index (Phi) is 7.97. The van der Waals surface area contributed by atoms with Crippen LogP contribution in [0.4, 0.5) is 0 Å². The minimum absolute atomic E-state index is 0.0221. The number of benzene rings is 2. The van der Waals surface area contributed by atoms with Crippen molar-refractivity contribution in [3.05, 3.63) is 56.8 Å². The molecule has 0 saturated heterocycles. The van der Waals surface area contributed by atoms with Gasteiger partial charge in [-0.15, -0.1) is 0 Å². The van der Waals surface area contributed by atoms with Gasteiger partial charge in [-0.2, -0.15) is 8.42 Å². The Labute approximate surface area is 208 Å². The summed E-state index contributed by atoms with van der Waals surface area (Å²) < 4.78 is 51.4. The first-order valence-electron chi connectivity index (χ1n) is 10.9. The summed E-state index contributed by atoms with van der Waals surface area (Å²) in [4.78, 5) is 13.7. The van der Waals surface area contributed by atoms with E-state index in [0.29, 0.717) is 5.56 Å². The van der Waals surface area contributed by atoms with Gasteiger partial charge in [0.2, 0.25) is 12.2 Å². The van der Waals surface area contributed by atoms with E-state index in [1.807, 2.05) is 33.8 Å². The van der Waals surface area contributed by atoms with E-state index in [-0.39, 0.29) is 57.6 Å². The predicted octanol–water partition coefficient (Wildman–Crippen LogP) is 4.54. The van der Waals surface area contributed by atoms with E-state index < -0.39 is 28.4 Å². The van der Waals surface area contributed by atoms with Crippen LogP contribution in [0.15, 0.2) is 44.6 Å². The predicted molar refractivity (Wildman–Crippen MR) is 134 cm³/mol. The lowest BCUT2D eigenvalue weighted by Crippen LogP contribution is -2.12. The zero-order chi connectivity index (χ0) is 26.8. The highest BCUT2D eigenvalue weighted by atomic mass is 32.3. The number of hydrogen-bond donors (Lipinski definition) is 3. The smallest absolute Gasteiger partial charge is 0.400 e. The van der Waals surface area contributed by atoms with Crippen molar-refractivity contribution in [3.8, 4) is 23.0 Å². The molecule has 10 nitrogen and oxygen atoms in total. The minimum Gasteiger partial charge on any atom is -0.507 e. The summed E-state index contributed by atoms with van der Waals surface area (Å²) in [6, 6.07) is 2.56. The highest BCUT2D eigenvalue weighted by molar-refractivity contribution is 7.80. The zero-order valence-corrected chi connectivity index (χ0v) is 21.4. The third-order valence-electron chi connectivity index (χ3n) is 5.37. The van der Waals surface area contributed by atoms with Crippen LogP contribution in [0.2, 0.25) is 0 Å². The van der Waals surface area contributed by atoms with Crippen LogP contribution < -0.4 is 14.9 Å². The fraction of sp³-hybridized carbons (Fsp3) is 0.320. The molecule has 0 aliphatic carbocycles. The van der Waals surface area contributed by atoms with Crippen LogP contribution in [0.5, 0.6) is 23.0 Å². The Hall–Kier alpha value is -3.54. The summed E-state index contributed by atoms with van der Waals surface area (Å²) in [5.74, 6) is -0.542. The van der Waals surface area contributed by atoms with Gasteiger partial charge in [0.05, 0.1) is 12.5 Å². The largest absolute Gasteiger partial charge is 0.507 e. The van der Waals surface area contributed by atoms with Crippen molar-refractivity contribution in [2.24, 2.45) is 0 Å². The molecule has 36 heavy (non-hydrogen) atoms. The van der Waals surface area contributed by atoms with Crippen LogP contribution in [0.25, 0.3) is 21.9 Å². The molecule has 2 aromatic carbocycles. The van der Waals surface area contributed by atoms with E-state index in [9.17, 15) is 23.4 Å². The molecule has 0 saturated carbocycles. The Morgan fingerprint density at radius 3 is 2.11 bits per heavy atom. The van der Waals surface area contributed by atoms with Crippen molar-refractivity contribution in [1.29, 1.82) is 0 Å². The molecule has 3 N–H and O–H groups in total. The first kappa shape index (κ1) is 27.1. The topological polar surface area (TPSA) is 153 Å². The lowest BCUT2D eigenvalue weighted by atomic mass is 9.98. The van der Waals surface area contributed by atoms with Crippen LogP contribution in [0.3, 0.4) is 0 Å². The standard InChI is InChI=1S/C25H28O10S/c1-13(2)6-8-15-18(33-12-34-36(29,30)31)11-20-22(23(15)27)24(28)21-16(9-7-14(3)4)25(32-5)17(26)10-19(21)35-20/h6-7,10-11,26-27H,8-9,12H2,1-5H3,(H,29,30,31). The number of ether oxygens (including phenoxy) is 2. The van der Waals surface area contributed by atoms with Gasteiger partial charge in [0.1, 0.15) is 28.1 Å². The van der Waals surface area contributed by atoms with E-state index in [1.165, 1.54) is 19.2 Å². The third kappa shape index (κ3) is 5.81. The van der Waals surface area contributed by atoms with E-state index in [2.05, 4.69) is 4.18 Å².